The maximum atomic E-state index is 6.18. The van der Waals surface area contributed by atoms with E-state index in [0.717, 1.165) is 34.9 Å². The molecule has 0 aliphatic rings. The predicted molar refractivity (Wildman–Crippen MR) is 73.1 cm³/mol. The monoisotopic (exact) mass is 256 g/mol. The SMILES string of the molecule is CNCCC(NC)c1cc(Cl)c(C)cc1OC. The van der Waals surface area contributed by atoms with Gasteiger partial charge in [-0.15, -0.1) is 0 Å². The number of rotatable bonds is 6. The topological polar surface area (TPSA) is 33.3 Å². The molecule has 3 nitrogen and oxygen atoms in total. The highest BCUT2D eigenvalue weighted by Gasteiger charge is 2.15. The Labute approximate surface area is 109 Å². The van der Waals surface area contributed by atoms with Crippen LogP contribution < -0.4 is 15.4 Å². The average molecular weight is 257 g/mol. The van der Waals surface area contributed by atoms with Crippen LogP contribution in [-0.4, -0.2) is 27.7 Å². The van der Waals surface area contributed by atoms with Crippen LogP contribution in [0.25, 0.3) is 0 Å². The lowest BCUT2D eigenvalue weighted by Gasteiger charge is -2.20. The molecule has 0 heterocycles. The van der Waals surface area contributed by atoms with Gasteiger partial charge in [0.05, 0.1) is 7.11 Å². The third-order valence-electron chi connectivity index (χ3n) is 2.92. The molecule has 0 bridgehead atoms. The molecule has 0 aliphatic heterocycles. The van der Waals surface area contributed by atoms with E-state index in [9.17, 15) is 0 Å². The zero-order valence-corrected chi connectivity index (χ0v) is 11.7. The van der Waals surface area contributed by atoms with E-state index in [2.05, 4.69) is 10.6 Å². The van der Waals surface area contributed by atoms with E-state index in [-0.39, 0.29) is 6.04 Å². The Balaban J connectivity index is 3.04. The molecular weight excluding hydrogens is 236 g/mol. The molecule has 1 aromatic rings. The number of halogens is 1. The average Bonchev–Trinajstić information content (AvgIpc) is 2.34. The molecule has 0 spiro atoms. The minimum atomic E-state index is 0.246. The molecule has 0 aliphatic carbocycles. The lowest BCUT2D eigenvalue weighted by molar-refractivity contribution is 0.398. The maximum absolute atomic E-state index is 6.18. The Morgan fingerprint density at radius 2 is 2.06 bits per heavy atom. The van der Waals surface area contributed by atoms with Gasteiger partial charge in [-0.3, -0.25) is 0 Å². The van der Waals surface area contributed by atoms with Crippen molar-refractivity contribution in [2.75, 3.05) is 27.7 Å². The van der Waals surface area contributed by atoms with Crippen molar-refractivity contribution in [2.24, 2.45) is 0 Å². The van der Waals surface area contributed by atoms with Crippen molar-refractivity contribution in [2.45, 2.75) is 19.4 Å². The number of hydrogen-bond acceptors (Lipinski definition) is 3. The van der Waals surface area contributed by atoms with Gasteiger partial charge in [-0.1, -0.05) is 11.6 Å². The lowest BCUT2D eigenvalue weighted by Crippen LogP contribution is -2.22. The first-order valence-electron chi connectivity index (χ1n) is 5.80. The Morgan fingerprint density at radius 3 is 2.59 bits per heavy atom. The van der Waals surface area contributed by atoms with Crippen molar-refractivity contribution in [3.05, 3.63) is 28.3 Å². The minimum Gasteiger partial charge on any atom is -0.496 e. The molecule has 17 heavy (non-hydrogen) atoms. The lowest BCUT2D eigenvalue weighted by atomic mass is 10.0. The van der Waals surface area contributed by atoms with Crippen LogP contribution in [0.5, 0.6) is 5.75 Å². The fraction of sp³-hybridized carbons (Fsp3) is 0.538. The fourth-order valence-corrected chi connectivity index (χ4v) is 2.04. The standard InChI is InChI=1S/C13H21ClN2O/c1-9-7-13(17-4)10(8-11(9)14)12(16-3)5-6-15-2/h7-8,12,15-16H,5-6H2,1-4H3. The van der Waals surface area contributed by atoms with E-state index in [1.165, 1.54) is 0 Å². The van der Waals surface area contributed by atoms with Crippen LogP contribution in [-0.2, 0) is 0 Å². The van der Waals surface area contributed by atoms with Crippen molar-refractivity contribution in [1.29, 1.82) is 0 Å². The van der Waals surface area contributed by atoms with Crippen LogP contribution in [0, 0.1) is 6.92 Å². The molecule has 0 fully saturated rings. The van der Waals surface area contributed by atoms with Gasteiger partial charge in [0.15, 0.2) is 0 Å². The van der Waals surface area contributed by atoms with E-state index in [0.29, 0.717) is 0 Å². The molecule has 1 aromatic carbocycles. The quantitative estimate of drug-likeness (QED) is 0.821. The summed E-state index contributed by atoms with van der Waals surface area (Å²) in [4.78, 5) is 0. The molecule has 1 rings (SSSR count). The molecule has 4 heteroatoms. The summed E-state index contributed by atoms with van der Waals surface area (Å²) in [7, 11) is 5.59. The van der Waals surface area contributed by atoms with Gasteiger partial charge in [0.2, 0.25) is 0 Å². The van der Waals surface area contributed by atoms with Crippen LogP contribution >= 0.6 is 11.6 Å². The third kappa shape index (κ3) is 3.60. The number of aryl methyl sites for hydroxylation is 1. The summed E-state index contributed by atoms with van der Waals surface area (Å²) in [5.74, 6) is 0.891. The second-order valence-corrected chi connectivity index (χ2v) is 4.48. The Morgan fingerprint density at radius 1 is 1.35 bits per heavy atom. The van der Waals surface area contributed by atoms with Crippen LogP contribution in [0.2, 0.25) is 5.02 Å². The smallest absolute Gasteiger partial charge is 0.124 e. The summed E-state index contributed by atoms with van der Waals surface area (Å²) in [6, 6.07) is 4.23. The molecule has 96 valence electrons. The number of methoxy groups -OCH3 is 1. The Hall–Kier alpha value is -0.770. The zero-order valence-electron chi connectivity index (χ0n) is 10.9. The van der Waals surface area contributed by atoms with E-state index in [4.69, 9.17) is 16.3 Å². The molecule has 0 saturated carbocycles. The summed E-state index contributed by atoms with van der Waals surface area (Å²) in [5.41, 5.74) is 2.15. The molecule has 2 N–H and O–H groups in total. The summed E-state index contributed by atoms with van der Waals surface area (Å²) in [6.07, 6.45) is 0.989. The van der Waals surface area contributed by atoms with E-state index in [1.54, 1.807) is 7.11 Å². The minimum absolute atomic E-state index is 0.246. The third-order valence-corrected chi connectivity index (χ3v) is 3.33. The number of hydrogen-bond donors (Lipinski definition) is 2. The van der Waals surface area contributed by atoms with Crippen molar-refractivity contribution in [3.63, 3.8) is 0 Å². The van der Waals surface area contributed by atoms with Gasteiger partial charge in [0, 0.05) is 16.6 Å². The first-order valence-corrected chi connectivity index (χ1v) is 6.17. The first kappa shape index (κ1) is 14.3. The van der Waals surface area contributed by atoms with Crippen LogP contribution in [0.15, 0.2) is 12.1 Å². The van der Waals surface area contributed by atoms with Crippen LogP contribution in [0.3, 0.4) is 0 Å². The second kappa shape index (κ2) is 6.84. The molecule has 1 unspecified atom stereocenters. The highest BCUT2D eigenvalue weighted by atomic mass is 35.5. The van der Waals surface area contributed by atoms with E-state index < -0.39 is 0 Å². The predicted octanol–water partition coefficient (Wildman–Crippen LogP) is 2.53. The molecule has 0 saturated heterocycles. The summed E-state index contributed by atoms with van der Waals surface area (Å²) >= 11 is 6.18. The van der Waals surface area contributed by atoms with Crippen LogP contribution in [0.1, 0.15) is 23.6 Å². The van der Waals surface area contributed by atoms with Crippen molar-refractivity contribution in [3.8, 4) is 5.75 Å². The highest BCUT2D eigenvalue weighted by molar-refractivity contribution is 6.31. The normalized spacial score (nSPS) is 12.5. The van der Waals surface area contributed by atoms with Gasteiger partial charge in [0.25, 0.3) is 0 Å². The fourth-order valence-electron chi connectivity index (χ4n) is 1.86. The summed E-state index contributed by atoms with van der Waals surface area (Å²) in [5, 5.41) is 7.23. The van der Waals surface area contributed by atoms with Gasteiger partial charge < -0.3 is 15.4 Å². The van der Waals surface area contributed by atoms with Crippen molar-refractivity contribution in [1.82, 2.24) is 10.6 Å². The van der Waals surface area contributed by atoms with Crippen molar-refractivity contribution < 1.29 is 4.74 Å². The Kier molecular flexibility index (Phi) is 5.75. The molecular formula is C13H21ClN2O. The van der Waals surface area contributed by atoms with Crippen LogP contribution in [0.4, 0.5) is 0 Å². The van der Waals surface area contributed by atoms with Gasteiger partial charge in [-0.2, -0.15) is 0 Å². The van der Waals surface area contributed by atoms with E-state index >= 15 is 0 Å². The molecule has 0 radical (unpaired) electrons. The maximum Gasteiger partial charge on any atom is 0.124 e. The van der Waals surface area contributed by atoms with Gasteiger partial charge in [0.1, 0.15) is 5.75 Å². The summed E-state index contributed by atoms with van der Waals surface area (Å²) in [6.45, 7) is 2.93. The second-order valence-electron chi connectivity index (χ2n) is 4.08. The number of ether oxygens (including phenoxy) is 1. The Bertz CT molecular complexity index is 369. The highest BCUT2D eigenvalue weighted by Crippen LogP contribution is 2.32. The number of nitrogens with one attached hydrogen (secondary N) is 2. The van der Waals surface area contributed by atoms with Crippen molar-refractivity contribution >= 4 is 11.6 Å². The largest absolute Gasteiger partial charge is 0.496 e. The van der Waals surface area contributed by atoms with E-state index in [1.807, 2.05) is 33.2 Å². The number of benzene rings is 1. The first-order chi connectivity index (χ1) is 8.13. The van der Waals surface area contributed by atoms with Gasteiger partial charge in [-0.25, -0.2) is 0 Å². The summed E-state index contributed by atoms with van der Waals surface area (Å²) < 4.78 is 5.42. The molecule has 0 aromatic heterocycles. The van der Waals surface area contributed by atoms with Gasteiger partial charge >= 0.3 is 0 Å². The molecule has 1 atom stereocenters. The molecule has 0 amide bonds. The van der Waals surface area contributed by atoms with Gasteiger partial charge in [-0.05, 0) is 51.7 Å². The zero-order chi connectivity index (χ0) is 12.8.